The number of aliphatic hydroxyl groups excluding tert-OH is 1. The van der Waals surface area contributed by atoms with Crippen molar-refractivity contribution >= 4 is 5.97 Å². The van der Waals surface area contributed by atoms with E-state index in [4.69, 9.17) is 9.47 Å². The van der Waals surface area contributed by atoms with Gasteiger partial charge in [0.05, 0.1) is 18.3 Å². The van der Waals surface area contributed by atoms with Crippen LogP contribution in [0.3, 0.4) is 0 Å². The van der Waals surface area contributed by atoms with E-state index in [1.807, 2.05) is 0 Å². The maximum Gasteiger partial charge on any atom is 0.341 e. The molecule has 5 rings (SSSR count). The first-order valence-electron chi connectivity index (χ1n) is 12.3. The van der Waals surface area contributed by atoms with E-state index in [-0.39, 0.29) is 22.6 Å². The molecule has 194 valence electrons. The molecule has 2 atom stereocenters. The lowest BCUT2D eigenvalue weighted by molar-refractivity contribution is 0.0188. The monoisotopic (exact) mass is 514 g/mol. The van der Waals surface area contributed by atoms with Crippen molar-refractivity contribution in [3.05, 3.63) is 94.1 Å². The Morgan fingerprint density at radius 3 is 2.11 bits per heavy atom. The Kier molecular flexibility index (Phi) is 7.05. The fraction of sp³-hybridized carbons (Fsp3) is 0.345. The summed E-state index contributed by atoms with van der Waals surface area (Å²) < 4.78 is 69.1. The molecule has 2 aliphatic rings. The highest BCUT2D eigenvalue weighted by atomic mass is 19.2. The lowest BCUT2D eigenvalue weighted by Gasteiger charge is -2.29. The lowest BCUT2D eigenvalue weighted by atomic mass is 9.82. The van der Waals surface area contributed by atoms with Crippen LogP contribution in [0.1, 0.15) is 77.8 Å². The molecule has 1 N–H and O–H groups in total. The van der Waals surface area contributed by atoms with E-state index in [0.717, 1.165) is 0 Å². The molecule has 3 aromatic carbocycles. The fourth-order valence-electron chi connectivity index (χ4n) is 4.95. The summed E-state index contributed by atoms with van der Waals surface area (Å²) in [5, 5.41) is 9.64. The molecule has 3 aromatic rings. The van der Waals surface area contributed by atoms with Gasteiger partial charge in [0.15, 0.2) is 23.3 Å². The van der Waals surface area contributed by atoms with Gasteiger partial charge in [-0.25, -0.2) is 22.4 Å². The van der Waals surface area contributed by atoms with E-state index in [2.05, 4.69) is 0 Å². The number of hydrogen-bond acceptors (Lipinski definition) is 4. The molecular formula is C29H26F4O4. The number of halogens is 4. The van der Waals surface area contributed by atoms with Gasteiger partial charge in [-0.1, -0.05) is 42.5 Å². The zero-order valence-electron chi connectivity index (χ0n) is 20.1. The van der Waals surface area contributed by atoms with Crippen LogP contribution in [0.25, 0.3) is 11.1 Å². The quantitative estimate of drug-likeness (QED) is 0.220. The maximum absolute atomic E-state index is 15.1. The summed E-state index contributed by atoms with van der Waals surface area (Å²) in [4.78, 5) is 12.5. The topological polar surface area (TPSA) is 59.1 Å². The van der Waals surface area contributed by atoms with Crippen LogP contribution in [0.4, 0.5) is 17.6 Å². The van der Waals surface area contributed by atoms with Crippen molar-refractivity contribution in [3.8, 4) is 11.1 Å². The van der Waals surface area contributed by atoms with E-state index >= 15 is 4.39 Å². The van der Waals surface area contributed by atoms with Crippen molar-refractivity contribution in [2.75, 3.05) is 6.61 Å². The molecule has 0 radical (unpaired) electrons. The van der Waals surface area contributed by atoms with Crippen molar-refractivity contribution in [1.29, 1.82) is 0 Å². The van der Waals surface area contributed by atoms with Gasteiger partial charge in [0.25, 0.3) is 0 Å². The summed E-state index contributed by atoms with van der Waals surface area (Å²) in [6, 6.07) is 12.3. The summed E-state index contributed by atoms with van der Waals surface area (Å²) >= 11 is 0. The van der Waals surface area contributed by atoms with Gasteiger partial charge in [0, 0.05) is 11.1 Å². The molecule has 0 bridgehead atoms. The van der Waals surface area contributed by atoms with E-state index < -0.39 is 53.1 Å². The zero-order valence-corrected chi connectivity index (χ0v) is 20.1. The molecule has 4 nitrogen and oxygen atoms in total. The minimum atomic E-state index is -1.26. The SMILES string of the molecule is CC(O)c1ccc(-c2ccc(C3CCC(OC(=O)c4ccc(C5CO5)c(F)c4F)CC3)c(F)c2F)cc1. The van der Waals surface area contributed by atoms with Gasteiger partial charge in [0.1, 0.15) is 12.2 Å². The predicted molar refractivity (Wildman–Crippen MR) is 128 cm³/mol. The number of rotatable bonds is 6. The first-order valence-corrected chi connectivity index (χ1v) is 12.3. The number of carbonyl (C=O) groups excluding carboxylic acids is 1. The maximum atomic E-state index is 15.1. The number of hydrogen-bond donors (Lipinski definition) is 1. The number of ether oxygens (including phenoxy) is 2. The van der Waals surface area contributed by atoms with Crippen LogP contribution in [0, 0.1) is 23.3 Å². The molecular weight excluding hydrogens is 488 g/mol. The minimum Gasteiger partial charge on any atom is -0.459 e. The second-order valence-electron chi connectivity index (χ2n) is 9.66. The van der Waals surface area contributed by atoms with Crippen molar-refractivity contribution in [3.63, 3.8) is 0 Å². The second kappa shape index (κ2) is 10.3. The summed E-state index contributed by atoms with van der Waals surface area (Å²) in [5.41, 5.74) is 1.17. The van der Waals surface area contributed by atoms with Crippen molar-refractivity contribution in [2.24, 2.45) is 0 Å². The number of carbonyl (C=O) groups is 1. The number of epoxide rings is 1. The molecule has 2 fully saturated rings. The van der Waals surface area contributed by atoms with Crippen LogP contribution in [0.2, 0.25) is 0 Å². The van der Waals surface area contributed by atoms with Crippen LogP contribution < -0.4 is 0 Å². The lowest BCUT2D eigenvalue weighted by Crippen LogP contribution is -2.25. The molecule has 2 unspecified atom stereocenters. The number of aliphatic hydroxyl groups is 1. The minimum absolute atomic E-state index is 0.0756. The van der Waals surface area contributed by atoms with Gasteiger partial charge in [-0.2, -0.15) is 0 Å². The Labute approximate surface area is 211 Å². The Balaban J connectivity index is 1.23. The predicted octanol–water partition coefficient (Wildman–Crippen LogP) is 6.92. The fourth-order valence-corrected chi connectivity index (χ4v) is 4.95. The van der Waals surface area contributed by atoms with Gasteiger partial charge in [-0.15, -0.1) is 0 Å². The second-order valence-corrected chi connectivity index (χ2v) is 9.66. The van der Waals surface area contributed by atoms with Crippen LogP contribution in [0.15, 0.2) is 48.5 Å². The number of esters is 1. The summed E-state index contributed by atoms with van der Waals surface area (Å²) in [5.74, 6) is -5.43. The van der Waals surface area contributed by atoms with Crippen LogP contribution >= 0.6 is 0 Å². The van der Waals surface area contributed by atoms with Crippen molar-refractivity contribution in [1.82, 2.24) is 0 Å². The van der Waals surface area contributed by atoms with Gasteiger partial charge in [-0.05, 0) is 61.3 Å². The average Bonchev–Trinajstić information content (AvgIpc) is 3.73. The first kappa shape index (κ1) is 25.4. The third-order valence-electron chi connectivity index (χ3n) is 7.22. The van der Waals surface area contributed by atoms with Gasteiger partial charge >= 0.3 is 5.97 Å². The smallest absolute Gasteiger partial charge is 0.341 e. The highest BCUT2D eigenvalue weighted by Crippen LogP contribution is 2.38. The average molecular weight is 515 g/mol. The zero-order chi connectivity index (χ0) is 26.3. The van der Waals surface area contributed by atoms with Crippen LogP contribution in [0.5, 0.6) is 0 Å². The van der Waals surface area contributed by atoms with E-state index in [1.165, 1.54) is 12.1 Å². The summed E-state index contributed by atoms with van der Waals surface area (Å²) in [6.07, 6.45) is 0.00506. The molecule has 0 spiro atoms. The van der Waals surface area contributed by atoms with Gasteiger partial charge < -0.3 is 14.6 Å². The molecule has 0 amide bonds. The first-order chi connectivity index (χ1) is 17.7. The highest BCUT2D eigenvalue weighted by Gasteiger charge is 2.33. The number of benzene rings is 3. The Hall–Kier alpha value is -3.23. The van der Waals surface area contributed by atoms with Crippen molar-refractivity contribution < 1.29 is 36.9 Å². The molecule has 37 heavy (non-hydrogen) atoms. The van der Waals surface area contributed by atoms with Gasteiger partial charge in [0.2, 0.25) is 0 Å². The van der Waals surface area contributed by atoms with Gasteiger partial charge in [-0.3, -0.25) is 0 Å². The van der Waals surface area contributed by atoms with Crippen molar-refractivity contribution in [2.45, 2.75) is 56.8 Å². The highest BCUT2D eigenvalue weighted by molar-refractivity contribution is 5.90. The molecule has 1 saturated heterocycles. The molecule has 1 aliphatic heterocycles. The molecule has 1 aliphatic carbocycles. The molecule has 8 heteroatoms. The Bertz CT molecular complexity index is 1310. The molecule has 1 heterocycles. The third kappa shape index (κ3) is 5.13. The van der Waals surface area contributed by atoms with Crippen LogP contribution in [-0.2, 0) is 9.47 Å². The van der Waals surface area contributed by atoms with Crippen LogP contribution in [-0.4, -0.2) is 23.8 Å². The molecule has 0 aromatic heterocycles. The van der Waals surface area contributed by atoms with E-state index in [1.54, 1.807) is 43.3 Å². The Morgan fingerprint density at radius 2 is 1.49 bits per heavy atom. The third-order valence-corrected chi connectivity index (χ3v) is 7.22. The Morgan fingerprint density at radius 1 is 0.865 bits per heavy atom. The largest absolute Gasteiger partial charge is 0.459 e. The van der Waals surface area contributed by atoms with E-state index in [0.29, 0.717) is 43.4 Å². The summed E-state index contributed by atoms with van der Waals surface area (Å²) in [6.45, 7) is 1.94. The normalized spacial score (nSPS) is 21.9. The van der Waals surface area contributed by atoms with E-state index in [9.17, 15) is 23.1 Å². The summed E-state index contributed by atoms with van der Waals surface area (Å²) in [7, 11) is 0. The standard InChI is InChI=1S/C29H26F4O4/c1-15(34)16-2-4-17(5-3-16)20-10-11-21(26(31)25(20)30)18-6-8-19(9-7-18)37-29(35)23-13-12-22(24-14-36-24)27(32)28(23)33/h2-5,10-13,15,18-19,24,34H,6-9,14H2,1H3. The molecule has 1 saturated carbocycles.